The Hall–Kier alpha value is -0.240. The first-order chi connectivity index (χ1) is 12.6. The minimum atomic E-state index is -0.916. The molecule has 0 saturated heterocycles. The van der Waals surface area contributed by atoms with Gasteiger partial charge in [-0.15, -0.1) is 0 Å². The van der Waals surface area contributed by atoms with Gasteiger partial charge in [0.1, 0.15) is 12.2 Å². The molecule has 0 aromatic heterocycles. The standard InChI is InChI=1S/C14H30O.C6H14O5/c1-3-5-7-9-11-13-15-14-12-10-8-6-4-2;7-1-5(9)3-11-4-6(10)2-8/h3-14H2,1-2H3;5-10H,1-4H2. The summed E-state index contributed by atoms with van der Waals surface area (Å²) < 4.78 is 10.3. The molecule has 6 nitrogen and oxygen atoms in total. The van der Waals surface area contributed by atoms with Crippen LogP contribution in [-0.2, 0) is 9.47 Å². The molecule has 0 saturated carbocycles. The third-order valence-corrected chi connectivity index (χ3v) is 3.83. The molecule has 26 heavy (non-hydrogen) atoms. The van der Waals surface area contributed by atoms with E-state index in [4.69, 9.17) is 29.9 Å². The lowest BCUT2D eigenvalue weighted by Crippen LogP contribution is -2.25. The van der Waals surface area contributed by atoms with Gasteiger partial charge in [0.15, 0.2) is 0 Å². The summed E-state index contributed by atoms with van der Waals surface area (Å²) in [6.07, 6.45) is 11.6. The van der Waals surface area contributed by atoms with Gasteiger partial charge in [0.2, 0.25) is 0 Å². The van der Waals surface area contributed by atoms with Gasteiger partial charge in [-0.05, 0) is 12.8 Å². The minimum Gasteiger partial charge on any atom is -0.394 e. The molecule has 2 unspecified atom stereocenters. The van der Waals surface area contributed by atoms with Crippen molar-refractivity contribution in [2.45, 2.75) is 90.3 Å². The van der Waals surface area contributed by atoms with Crippen molar-refractivity contribution < 1.29 is 29.9 Å². The van der Waals surface area contributed by atoms with Gasteiger partial charge in [-0.25, -0.2) is 0 Å². The molecule has 6 heteroatoms. The molecule has 0 aromatic carbocycles. The summed E-state index contributed by atoms with van der Waals surface area (Å²) in [5, 5.41) is 34.1. The smallest absolute Gasteiger partial charge is 0.100 e. The summed E-state index contributed by atoms with van der Waals surface area (Å²) in [4.78, 5) is 0. The first-order valence-electron chi connectivity index (χ1n) is 10.4. The maximum Gasteiger partial charge on any atom is 0.100 e. The molecule has 0 aliphatic carbocycles. The molecule has 0 aliphatic rings. The Morgan fingerprint density at radius 3 is 1.31 bits per heavy atom. The number of hydrogen-bond acceptors (Lipinski definition) is 6. The second-order valence-electron chi connectivity index (χ2n) is 6.65. The lowest BCUT2D eigenvalue weighted by molar-refractivity contribution is -0.0364. The van der Waals surface area contributed by atoms with Crippen LogP contribution in [0.15, 0.2) is 0 Å². The summed E-state index contributed by atoms with van der Waals surface area (Å²) in [6.45, 7) is 5.68. The Morgan fingerprint density at radius 1 is 0.577 bits per heavy atom. The van der Waals surface area contributed by atoms with Gasteiger partial charge < -0.3 is 29.9 Å². The zero-order valence-corrected chi connectivity index (χ0v) is 17.1. The van der Waals surface area contributed by atoms with E-state index in [2.05, 4.69) is 13.8 Å². The Morgan fingerprint density at radius 2 is 0.962 bits per heavy atom. The summed E-state index contributed by atoms with van der Waals surface area (Å²) >= 11 is 0. The van der Waals surface area contributed by atoms with Crippen molar-refractivity contribution in [2.75, 3.05) is 39.6 Å². The molecule has 4 N–H and O–H groups in total. The number of ether oxygens (including phenoxy) is 2. The summed E-state index contributed by atoms with van der Waals surface area (Å²) in [6, 6.07) is 0. The third kappa shape index (κ3) is 26.0. The van der Waals surface area contributed by atoms with Gasteiger partial charge in [0.25, 0.3) is 0 Å². The van der Waals surface area contributed by atoms with Crippen LogP contribution in [0.1, 0.15) is 78.1 Å². The van der Waals surface area contributed by atoms with E-state index in [1.54, 1.807) is 0 Å². The van der Waals surface area contributed by atoms with E-state index < -0.39 is 12.2 Å². The van der Waals surface area contributed by atoms with E-state index in [1.165, 1.54) is 64.2 Å². The van der Waals surface area contributed by atoms with Crippen LogP contribution in [0.5, 0.6) is 0 Å². The highest BCUT2D eigenvalue weighted by molar-refractivity contribution is 4.52. The highest BCUT2D eigenvalue weighted by atomic mass is 16.5. The number of aliphatic hydroxyl groups excluding tert-OH is 4. The van der Waals surface area contributed by atoms with E-state index >= 15 is 0 Å². The van der Waals surface area contributed by atoms with Crippen LogP contribution in [-0.4, -0.2) is 72.3 Å². The first-order valence-corrected chi connectivity index (χ1v) is 10.4. The van der Waals surface area contributed by atoms with Crippen LogP contribution in [0.25, 0.3) is 0 Å². The number of unbranched alkanes of at least 4 members (excludes halogenated alkanes) is 8. The van der Waals surface area contributed by atoms with Crippen LogP contribution >= 0.6 is 0 Å². The number of rotatable bonds is 18. The fraction of sp³-hybridized carbons (Fsp3) is 1.00. The van der Waals surface area contributed by atoms with Crippen molar-refractivity contribution in [1.29, 1.82) is 0 Å². The second-order valence-corrected chi connectivity index (χ2v) is 6.65. The number of aliphatic hydroxyl groups is 4. The first kappa shape index (κ1) is 28.0. The molecule has 0 aliphatic heterocycles. The Bertz CT molecular complexity index is 218. The van der Waals surface area contributed by atoms with Gasteiger partial charge in [0, 0.05) is 13.2 Å². The van der Waals surface area contributed by atoms with Crippen molar-refractivity contribution >= 4 is 0 Å². The predicted molar refractivity (Wildman–Crippen MR) is 105 cm³/mol. The average Bonchev–Trinajstić information content (AvgIpc) is 2.66. The quantitative estimate of drug-likeness (QED) is 0.273. The lowest BCUT2D eigenvalue weighted by Gasteiger charge is -2.10. The van der Waals surface area contributed by atoms with E-state index in [1.807, 2.05) is 0 Å². The normalized spacial score (nSPS) is 13.2. The van der Waals surface area contributed by atoms with Crippen molar-refractivity contribution in [2.24, 2.45) is 0 Å². The van der Waals surface area contributed by atoms with Crippen LogP contribution in [0, 0.1) is 0 Å². The van der Waals surface area contributed by atoms with Crippen molar-refractivity contribution in [3.05, 3.63) is 0 Å². The molecular weight excluding hydrogens is 336 g/mol. The number of hydrogen-bond donors (Lipinski definition) is 4. The van der Waals surface area contributed by atoms with E-state index in [9.17, 15) is 0 Å². The van der Waals surface area contributed by atoms with Crippen LogP contribution < -0.4 is 0 Å². The highest BCUT2D eigenvalue weighted by Crippen LogP contribution is 2.04. The predicted octanol–water partition coefficient (Wildman–Crippen LogP) is 2.65. The second kappa shape index (κ2) is 24.8. The summed E-state index contributed by atoms with van der Waals surface area (Å²) in [5.41, 5.74) is 0. The van der Waals surface area contributed by atoms with E-state index in [-0.39, 0.29) is 26.4 Å². The Labute approximate surface area is 160 Å². The molecule has 0 bridgehead atoms. The van der Waals surface area contributed by atoms with Gasteiger partial charge >= 0.3 is 0 Å². The van der Waals surface area contributed by atoms with Crippen molar-refractivity contribution in [3.8, 4) is 0 Å². The molecule has 0 spiro atoms. The van der Waals surface area contributed by atoms with Crippen LogP contribution in [0.2, 0.25) is 0 Å². The summed E-state index contributed by atoms with van der Waals surface area (Å²) in [5.74, 6) is 0. The zero-order chi connectivity index (χ0) is 19.9. The monoisotopic (exact) mass is 380 g/mol. The fourth-order valence-electron chi connectivity index (χ4n) is 2.16. The fourth-order valence-corrected chi connectivity index (χ4v) is 2.16. The SMILES string of the molecule is CCCCCCCOCCCCCCC.OCC(O)COCC(O)CO. The Balaban J connectivity index is 0. The van der Waals surface area contributed by atoms with Crippen molar-refractivity contribution in [3.63, 3.8) is 0 Å². The maximum absolute atomic E-state index is 8.72. The van der Waals surface area contributed by atoms with E-state index in [0.29, 0.717) is 0 Å². The third-order valence-electron chi connectivity index (χ3n) is 3.83. The van der Waals surface area contributed by atoms with Crippen LogP contribution in [0.4, 0.5) is 0 Å². The molecule has 160 valence electrons. The van der Waals surface area contributed by atoms with Gasteiger partial charge in [-0.3, -0.25) is 0 Å². The summed E-state index contributed by atoms with van der Waals surface area (Å²) in [7, 11) is 0. The lowest BCUT2D eigenvalue weighted by atomic mass is 10.1. The molecule has 0 radical (unpaired) electrons. The maximum atomic E-state index is 8.72. The topological polar surface area (TPSA) is 99.4 Å². The molecule has 2 atom stereocenters. The van der Waals surface area contributed by atoms with Gasteiger partial charge in [-0.1, -0.05) is 65.2 Å². The minimum absolute atomic E-state index is 0.0342. The van der Waals surface area contributed by atoms with Crippen LogP contribution in [0.3, 0.4) is 0 Å². The molecular formula is C20H44O6. The molecule has 0 heterocycles. The molecule has 0 fully saturated rings. The molecule has 0 amide bonds. The van der Waals surface area contributed by atoms with E-state index in [0.717, 1.165) is 13.2 Å². The van der Waals surface area contributed by atoms with Gasteiger partial charge in [-0.2, -0.15) is 0 Å². The Kier molecular flexibility index (Phi) is 26.6. The van der Waals surface area contributed by atoms with Gasteiger partial charge in [0.05, 0.1) is 26.4 Å². The van der Waals surface area contributed by atoms with Crippen molar-refractivity contribution in [1.82, 2.24) is 0 Å². The highest BCUT2D eigenvalue weighted by Gasteiger charge is 2.04. The molecule has 0 aromatic rings. The molecule has 0 rings (SSSR count). The largest absolute Gasteiger partial charge is 0.394 e. The average molecular weight is 381 g/mol. The zero-order valence-electron chi connectivity index (χ0n) is 17.1.